The summed E-state index contributed by atoms with van der Waals surface area (Å²) in [7, 11) is -3.21. The van der Waals surface area contributed by atoms with Gasteiger partial charge in [-0.3, -0.25) is 4.79 Å². The molecule has 0 bridgehead atoms. The standard InChI is InChI=1S/C10H20N2O3S/c1-3-11-9-5-4-6-12(7-9)10(13)8-16(2,14)15/h9,11H,3-8H2,1-2H3. The number of hydrogen-bond donors (Lipinski definition) is 1. The van der Waals surface area contributed by atoms with E-state index in [-0.39, 0.29) is 11.7 Å². The molecule has 0 aromatic rings. The van der Waals surface area contributed by atoms with Crippen molar-refractivity contribution in [1.82, 2.24) is 10.2 Å². The summed E-state index contributed by atoms with van der Waals surface area (Å²) in [5.41, 5.74) is 0. The molecule has 94 valence electrons. The van der Waals surface area contributed by atoms with Crippen LogP contribution in [0.25, 0.3) is 0 Å². The van der Waals surface area contributed by atoms with E-state index in [4.69, 9.17) is 0 Å². The molecule has 1 amide bonds. The average Bonchev–Trinajstić information content (AvgIpc) is 2.16. The van der Waals surface area contributed by atoms with Crippen LogP contribution in [-0.2, 0) is 14.6 Å². The topological polar surface area (TPSA) is 66.5 Å². The third-order valence-electron chi connectivity index (χ3n) is 2.65. The van der Waals surface area contributed by atoms with Gasteiger partial charge in [-0.1, -0.05) is 6.92 Å². The molecule has 1 aliphatic rings. The largest absolute Gasteiger partial charge is 0.340 e. The third kappa shape index (κ3) is 4.49. The Hall–Kier alpha value is -0.620. The summed E-state index contributed by atoms with van der Waals surface area (Å²) in [6, 6.07) is 0.308. The minimum atomic E-state index is -3.21. The average molecular weight is 248 g/mol. The molecule has 0 saturated carbocycles. The normalized spacial score (nSPS) is 22.1. The summed E-state index contributed by atoms with van der Waals surface area (Å²) in [4.78, 5) is 13.3. The molecule has 1 aliphatic heterocycles. The smallest absolute Gasteiger partial charge is 0.237 e. The second kappa shape index (κ2) is 5.63. The molecule has 0 radical (unpaired) electrons. The number of carbonyl (C=O) groups excluding carboxylic acids is 1. The number of piperidine rings is 1. The fraction of sp³-hybridized carbons (Fsp3) is 0.900. The highest BCUT2D eigenvalue weighted by atomic mass is 32.2. The van der Waals surface area contributed by atoms with E-state index in [1.807, 2.05) is 6.92 Å². The maximum Gasteiger partial charge on any atom is 0.237 e. The molecule has 1 N–H and O–H groups in total. The number of amides is 1. The molecule has 1 unspecified atom stereocenters. The molecule has 1 fully saturated rings. The molecule has 0 aliphatic carbocycles. The fourth-order valence-corrected chi connectivity index (χ4v) is 2.61. The van der Waals surface area contributed by atoms with Gasteiger partial charge in [0.1, 0.15) is 5.75 Å². The number of nitrogens with zero attached hydrogens (tertiary/aromatic N) is 1. The highest BCUT2D eigenvalue weighted by Crippen LogP contribution is 2.10. The predicted molar refractivity (Wildman–Crippen MR) is 63.0 cm³/mol. The molecule has 1 rings (SSSR count). The van der Waals surface area contributed by atoms with Crippen LogP contribution in [0.4, 0.5) is 0 Å². The number of nitrogens with one attached hydrogen (secondary N) is 1. The van der Waals surface area contributed by atoms with Crippen molar-refractivity contribution in [2.24, 2.45) is 0 Å². The zero-order valence-electron chi connectivity index (χ0n) is 9.90. The van der Waals surface area contributed by atoms with Gasteiger partial charge in [0.2, 0.25) is 5.91 Å². The minimum absolute atomic E-state index is 0.273. The van der Waals surface area contributed by atoms with E-state index >= 15 is 0 Å². The Balaban J connectivity index is 2.50. The second-order valence-corrected chi connectivity index (χ2v) is 6.45. The maximum atomic E-state index is 11.7. The van der Waals surface area contributed by atoms with Gasteiger partial charge in [-0.15, -0.1) is 0 Å². The van der Waals surface area contributed by atoms with Gasteiger partial charge in [0, 0.05) is 25.4 Å². The number of rotatable bonds is 4. The van der Waals surface area contributed by atoms with E-state index in [2.05, 4.69) is 5.32 Å². The van der Waals surface area contributed by atoms with Crippen LogP contribution >= 0.6 is 0 Å². The monoisotopic (exact) mass is 248 g/mol. The van der Waals surface area contributed by atoms with Crippen molar-refractivity contribution in [2.75, 3.05) is 31.6 Å². The van der Waals surface area contributed by atoms with Crippen LogP contribution in [-0.4, -0.2) is 56.9 Å². The van der Waals surface area contributed by atoms with Gasteiger partial charge >= 0.3 is 0 Å². The van der Waals surface area contributed by atoms with E-state index < -0.39 is 9.84 Å². The van der Waals surface area contributed by atoms with Crippen LogP contribution in [0.3, 0.4) is 0 Å². The molecule has 1 atom stereocenters. The van der Waals surface area contributed by atoms with Crippen LogP contribution < -0.4 is 5.32 Å². The summed E-state index contributed by atoms with van der Waals surface area (Å²) in [6.45, 7) is 4.20. The number of hydrogen-bond acceptors (Lipinski definition) is 4. The molecular weight excluding hydrogens is 228 g/mol. The summed E-state index contributed by atoms with van der Waals surface area (Å²) < 4.78 is 22.1. The Labute approximate surface area is 97.1 Å². The predicted octanol–water partition coefficient (Wildman–Crippen LogP) is -0.368. The van der Waals surface area contributed by atoms with Gasteiger partial charge in [0.15, 0.2) is 9.84 Å². The van der Waals surface area contributed by atoms with E-state index in [1.165, 1.54) is 0 Å². The van der Waals surface area contributed by atoms with Gasteiger partial charge in [-0.25, -0.2) is 8.42 Å². The lowest BCUT2D eigenvalue weighted by Gasteiger charge is -2.33. The first kappa shape index (κ1) is 13.4. The van der Waals surface area contributed by atoms with Crippen molar-refractivity contribution in [3.8, 4) is 0 Å². The van der Waals surface area contributed by atoms with Gasteiger partial charge < -0.3 is 10.2 Å². The molecule has 0 aromatic carbocycles. The Bertz CT molecular complexity index is 338. The Morgan fingerprint density at radius 3 is 2.75 bits per heavy atom. The van der Waals surface area contributed by atoms with Gasteiger partial charge in [-0.2, -0.15) is 0 Å². The number of sulfone groups is 1. The van der Waals surface area contributed by atoms with E-state index in [0.717, 1.165) is 25.6 Å². The number of likely N-dealkylation sites (N-methyl/N-ethyl adjacent to an activating group) is 1. The molecule has 5 nitrogen and oxygen atoms in total. The van der Waals surface area contributed by atoms with E-state index in [1.54, 1.807) is 4.90 Å². The van der Waals surface area contributed by atoms with E-state index in [0.29, 0.717) is 19.1 Å². The SMILES string of the molecule is CCNC1CCCN(C(=O)CS(C)(=O)=O)C1. The second-order valence-electron chi connectivity index (χ2n) is 4.31. The summed E-state index contributed by atoms with van der Waals surface area (Å²) in [5.74, 6) is -0.642. The van der Waals surface area contributed by atoms with E-state index in [9.17, 15) is 13.2 Å². The first-order chi connectivity index (χ1) is 7.42. The van der Waals surface area contributed by atoms with Crippen LogP contribution in [0.1, 0.15) is 19.8 Å². The van der Waals surface area contributed by atoms with Crippen molar-refractivity contribution in [1.29, 1.82) is 0 Å². The molecule has 0 spiro atoms. The van der Waals surface area contributed by atoms with Crippen LogP contribution in [0, 0.1) is 0 Å². The number of carbonyl (C=O) groups is 1. The molecule has 0 aromatic heterocycles. The van der Waals surface area contributed by atoms with Gasteiger partial charge in [0.25, 0.3) is 0 Å². The van der Waals surface area contributed by atoms with Crippen molar-refractivity contribution in [2.45, 2.75) is 25.8 Å². The van der Waals surface area contributed by atoms with Crippen LogP contribution in [0.15, 0.2) is 0 Å². The molecule has 6 heteroatoms. The molecule has 1 saturated heterocycles. The van der Waals surface area contributed by atoms with Crippen molar-refractivity contribution < 1.29 is 13.2 Å². The van der Waals surface area contributed by atoms with Crippen LogP contribution in [0.2, 0.25) is 0 Å². The maximum absolute atomic E-state index is 11.7. The molecule has 16 heavy (non-hydrogen) atoms. The Morgan fingerprint density at radius 2 is 2.19 bits per heavy atom. The minimum Gasteiger partial charge on any atom is -0.340 e. The lowest BCUT2D eigenvalue weighted by atomic mass is 10.1. The highest BCUT2D eigenvalue weighted by molar-refractivity contribution is 7.91. The highest BCUT2D eigenvalue weighted by Gasteiger charge is 2.24. The lowest BCUT2D eigenvalue weighted by molar-refractivity contribution is -0.129. The zero-order chi connectivity index (χ0) is 12.2. The third-order valence-corrected chi connectivity index (χ3v) is 3.42. The summed E-state index contributed by atoms with van der Waals surface area (Å²) in [6.07, 6.45) is 3.08. The lowest BCUT2D eigenvalue weighted by Crippen LogP contribution is -2.49. The molecular formula is C10H20N2O3S. The number of likely N-dealkylation sites (tertiary alicyclic amines) is 1. The Morgan fingerprint density at radius 1 is 1.50 bits per heavy atom. The zero-order valence-corrected chi connectivity index (χ0v) is 10.7. The first-order valence-corrected chi connectivity index (χ1v) is 7.67. The summed E-state index contributed by atoms with van der Waals surface area (Å²) >= 11 is 0. The van der Waals surface area contributed by atoms with Crippen molar-refractivity contribution in [3.05, 3.63) is 0 Å². The van der Waals surface area contributed by atoms with Gasteiger partial charge in [-0.05, 0) is 19.4 Å². The van der Waals surface area contributed by atoms with Gasteiger partial charge in [0.05, 0.1) is 0 Å². The quantitative estimate of drug-likeness (QED) is 0.737. The van der Waals surface area contributed by atoms with Crippen molar-refractivity contribution in [3.63, 3.8) is 0 Å². The first-order valence-electron chi connectivity index (χ1n) is 5.61. The van der Waals surface area contributed by atoms with Crippen LogP contribution in [0.5, 0.6) is 0 Å². The Kier molecular flexibility index (Phi) is 4.73. The molecule has 1 heterocycles. The van der Waals surface area contributed by atoms with Crippen molar-refractivity contribution >= 4 is 15.7 Å². The fourth-order valence-electron chi connectivity index (χ4n) is 1.97. The summed E-state index contributed by atoms with van der Waals surface area (Å²) in [5, 5.41) is 3.29.